The summed E-state index contributed by atoms with van der Waals surface area (Å²) >= 11 is 0. The van der Waals surface area contributed by atoms with Crippen molar-refractivity contribution < 1.29 is 4.74 Å². The summed E-state index contributed by atoms with van der Waals surface area (Å²) in [5, 5.41) is 2.25. The van der Waals surface area contributed by atoms with E-state index < -0.39 is 0 Å². The summed E-state index contributed by atoms with van der Waals surface area (Å²) in [7, 11) is 0. The van der Waals surface area contributed by atoms with E-state index >= 15 is 0 Å². The highest BCUT2D eigenvalue weighted by Gasteiger charge is 2.02. The van der Waals surface area contributed by atoms with Gasteiger partial charge in [0.25, 0.3) is 0 Å². The van der Waals surface area contributed by atoms with E-state index in [1.54, 1.807) is 0 Å². The summed E-state index contributed by atoms with van der Waals surface area (Å²) in [4.78, 5) is 8.95. The molecule has 0 spiro atoms. The third kappa shape index (κ3) is 2.86. The van der Waals surface area contributed by atoms with Crippen LogP contribution in [0.2, 0.25) is 0 Å². The van der Waals surface area contributed by atoms with Gasteiger partial charge in [-0.25, -0.2) is 4.98 Å². The van der Waals surface area contributed by atoms with Crippen molar-refractivity contribution in [2.24, 2.45) is 0 Å². The SMILES string of the molecule is Cc1cnc2ccc(COc3ccc4ccccc4n3)cc2c1. The number of rotatable bonds is 3. The van der Waals surface area contributed by atoms with Gasteiger partial charge in [0.05, 0.1) is 11.0 Å². The number of pyridine rings is 2. The topological polar surface area (TPSA) is 35.0 Å². The summed E-state index contributed by atoms with van der Waals surface area (Å²) in [5.41, 5.74) is 4.22. The molecule has 0 aliphatic carbocycles. The summed E-state index contributed by atoms with van der Waals surface area (Å²) in [6, 6.07) is 20.3. The first kappa shape index (κ1) is 13.7. The lowest BCUT2D eigenvalue weighted by molar-refractivity contribution is 0.295. The molecule has 3 heteroatoms. The molecule has 0 radical (unpaired) electrons. The number of hydrogen-bond acceptors (Lipinski definition) is 3. The number of fused-ring (bicyclic) bond motifs is 2. The Kier molecular flexibility index (Phi) is 3.39. The monoisotopic (exact) mass is 300 g/mol. The van der Waals surface area contributed by atoms with Crippen molar-refractivity contribution in [3.63, 3.8) is 0 Å². The number of aryl methyl sites for hydroxylation is 1. The molecule has 0 aliphatic rings. The van der Waals surface area contributed by atoms with Gasteiger partial charge in [-0.05, 0) is 48.4 Å². The van der Waals surface area contributed by atoms with E-state index in [9.17, 15) is 0 Å². The quantitative estimate of drug-likeness (QED) is 0.551. The minimum Gasteiger partial charge on any atom is -0.473 e. The predicted octanol–water partition coefficient (Wildman–Crippen LogP) is 4.67. The third-order valence-corrected chi connectivity index (χ3v) is 3.84. The standard InChI is InChI=1S/C20H16N2O/c1-14-10-17-11-15(6-8-18(17)21-12-14)13-23-20-9-7-16-4-2-3-5-19(16)22-20/h2-12H,13H2,1H3. The van der Waals surface area contributed by atoms with Gasteiger partial charge >= 0.3 is 0 Å². The van der Waals surface area contributed by atoms with E-state index in [-0.39, 0.29) is 0 Å². The lowest BCUT2D eigenvalue weighted by atomic mass is 10.1. The Balaban J connectivity index is 1.57. The van der Waals surface area contributed by atoms with Crippen LogP contribution in [0.1, 0.15) is 11.1 Å². The molecule has 112 valence electrons. The smallest absolute Gasteiger partial charge is 0.214 e. The van der Waals surface area contributed by atoms with Gasteiger partial charge in [-0.2, -0.15) is 0 Å². The molecule has 0 unspecified atom stereocenters. The molecule has 2 heterocycles. The van der Waals surface area contributed by atoms with Crippen molar-refractivity contribution in [1.82, 2.24) is 9.97 Å². The first-order valence-electron chi connectivity index (χ1n) is 7.62. The molecule has 0 N–H and O–H groups in total. The Morgan fingerprint density at radius 1 is 0.870 bits per heavy atom. The van der Waals surface area contributed by atoms with Gasteiger partial charge in [-0.1, -0.05) is 24.3 Å². The molecule has 2 aromatic carbocycles. The summed E-state index contributed by atoms with van der Waals surface area (Å²) in [5.74, 6) is 0.645. The molecule has 3 nitrogen and oxygen atoms in total. The molecular weight excluding hydrogens is 284 g/mol. The van der Waals surface area contributed by atoms with Crippen molar-refractivity contribution in [3.8, 4) is 5.88 Å². The number of aromatic nitrogens is 2. The van der Waals surface area contributed by atoms with E-state index in [0.717, 1.165) is 32.9 Å². The average Bonchev–Trinajstić information content (AvgIpc) is 2.59. The minimum absolute atomic E-state index is 0.495. The number of hydrogen-bond donors (Lipinski definition) is 0. The van der Waals surface area contributed by atoms with Crippen LogP contribution in [-0.4, -0.2) is 9.97 Å². The molecule has 0 saturated heterocycles. The Hall–Kier alpha value is -2.94. The number of para-hydroxylation sites is 1. The van der Waals surface area contributed by atoms with Crippen molar-refractivity contribution in [2.45, 2.75) is 13.5 Å². The van der Waals surface area contributed by atoms with Crippen LogP contribution < -0.4 is 4.74 Å². The second-order valence-corrected chi connectivity index (χ2v) is 5.67. The molecule has 0 atom stereocenters. The molecule has 4 rings (SSSR count). The zero-order valence-corrected chi connectivity index (χ0v) is 12.9. The summed E-state index contributed by atoms with van der Waals surface area (Å²) < 4.78 is 5.85. The Labute approximate surface area is 134 Å². The van der Waals surface area contributed by atoms with Gasteiger partial charge in [-0.3, -0.25) is 4.98 Å². The van der Waals surface area contributed by atoms with Gasteiger partial charge < -0.3 is 4.74 Å². The minimum atomic E-state index is 0.495. The fraction of sp³-hybridized carbons (Fsp3) is 0.100. The van der Waals surface area contributed by atoms with Crippen molar-refractivity contribution in [1.29, 1.82) is 0 Å². The lowest BCUT2D eigenvalue weighted by Gasteiger charge is -2.07. The van der Waals surface area contributed by atoms with E-state index in [2.05, 4.69) is 29.0 Å². The number of benzene rings is 2. The Bertz CT molecular complexity index is 995. The Morgan fingerprint density at radius 3 is 2.74 bits per heavy atom. The molecule has 2 aromatic heterocycles. The highest BCUT2D eigenvalue weighted by atomic mass is 16.5. The molecule has 0 aliphatic heterocycles. The van der Waals surface area contributed by atoms with Crippen LogP contribution in [0.25, 0.3) is 21.8 Å². The van der Waals surface area contributed by atoms with E-state index in [1.165, 1.54) is 0 Å². The molecule has 0 saturated carbocycles. The van der Waals surface area contributed by atoms with Gasteiger partial charge in [0.2, 0.25) is 5.88 Å². The van der Waals surface area contributed by atoms with E-state index in [4.69, 9.17) is 4.74 Å². The van der Waals surface area contributed by atoms with E-state index in [0.29, 0.717) is 12.5 Å². The molecule has 0 fully saturated rings. The van der Waals surface area contributed by atoms with Crippen LogP contribution in [0.3, 0.4) is 0 Å². The van der Waals surface area contributed by atoms with Gasteiger partial charge in [-0.15, -0.1) is 0 Å². The van der Waals surface area contributed by atoms with E-state index in [1.807, 2.05) is 54.7 Å². The highest BCUT2D eigenvalue weighted by molar-refractivity contribution is 5.80. The molecule has 0 bridgehead atoms. The van der Waals surface area contributed by atoms with Gasteiger partial charge in [0.1, 0.15) is 6.61 Å². The number of nitrogens with zero attached hydrogens (tertiary/aromatic N) is 2. The Morgan fingerprint density at radius 2 is 1.78 bits per heavy atom. The summed E-state index contributed by atoms with van der Waals surface area (Å²) in [6.07, 6.45) is 1.89. The van der Waals surface area contributed by atoms with Gasteiger partial charge in [0, 0.05) is 23.0 Å². The zero-order valence-electron chi connectivity index (χ0n) is 12.9. The van der Waals surface area contributed by atoms with Crippen molar-refractivity contribution in [2.75, 3.05) is 0 Å². The second-order valence-electron chi connectivity index (χ2n) is 5.67. The normalized spacial score (nSPS) is 11.0. The first-order valence-corrected chi connectivity index (χ1v) is 7.62. The maximum absolute atomic E-state index is 5.85. The van der Waals surface area contributed by atoms with Crippen LogP contribution in [0.5, 0.6) is 5.88 Å². The molecule has 0 amide bonds. The molecule has 4 aromatic rings. The number of ether oxygens (including phenoxy) is 1. The zero-order chi connectivity index (χ0) is 15.6. The van der Waals surface area contributed by atoms with Crippen LogP contribution in [-0.2, 0) is 6.61 Å². The van der Waals surface area contributed by atoms with Crippen LogP contribution in [0.4, 0.5) is 0 Å². The fourth-order valence-corrected chi connectivity index (χ4v) is 2.67. The second kappa shape index (κ2) is 5.69. The van der Waals surface area contributed by atoms with Crippen LogP contribution >= 0.6 is 0 Å². The lowest BCUT2D eigenvalue weighted by Crippen LogP contribution is -1.97. The highest BCUT2D eigenvalue weighted by Crippen LogP contribution is 2.19. The fourth-order valence-electron chi connectivity index (χ4n) is 2.67. The largest absolute Gasteiger partial charge is 0.473 e. The van der Waals surface area contributed by atoms with Crippen LogP contribution in [0.15, 0.2) is 66.9 Å². The summed E-state index contributed by atoms with van der Waals surface area (Å²) in [6.45, 7) is 2.55. The average molecular weight is 300 g/mol. The van der Waals surface area contributed by atoms with Crippen LogP contribution in [0, 0.1) is 6.92 Å². The third-order valence-electron chi connectivity index (χ3n) is 3.84. The maximum Gasteiger partial charge on any atom is 0.214 e. The predicted molar refractivity (Wildman–Crippen MR) is 92.6 cm³/mol. The molecular formula is C20H16N2O. The molecule has 23 heavy (non-hydrogen) atoms. The van der Waals surface area contributed by atoms with Crippen molar-refractivity contribution in [3.05, 3.63) is 78.0 Å². The van der Waals surface area contributed by atoms with Crippen molar-refractivity contribution >= 4 is 21.8 Å². The van der Waals surface area contributed by atoms with Gasteiger partial charge in [0.15, 0.2) is 0 Å². The maximum atomic E-state index is 5.85. The first-order chi connectivity index (χ1) is 11.3.